The summed E-state index contributed by atoms with van der Waals surface area (Å²) >= 11 is 0. The predicted octanol–water partition coefficient (Wildman–Crippen LogP) is 1.82. The van der Waals surface area contributed by atoms with Gasteiger partial charge in [-0.3, -0.25) is 4.90 Å². The topological polar surface area (TPSA) is 51.4 Å². The van der Waals surface area contributed by atoms with Crippen molar-refractivity contribution in [2.45, 2.75) is 25.3 Å². The van der Waals surface area contributed by atoms with Crippen LogP contribution in [0.3, 0.4) is 0 Å². The number of hydrogen-bond donors (Lipinski definition) is 1. The summed E-state index contributed by atoms with van der Waals surface area (Å²) in [5.74, 6) is 2.47. The maximum Gasteiger partial charge on any atom is 0.212 e. The summed E-state index contributed by atoms with van der Waals surface area (Å²) in [6.07, 6.45) is 6.13. The van der Waals surface area contributed by atoms with Crippen molar-refractivity contribution >= 4 is 0 Å². The van der Waals surface area contributed by atoms with E-state index in [4.69, 9.17) is 10.5 Å². The summed E-state index contributed by atoms with van der Waals surface area (Å²) in [6.45, 7) is 3.07. The Morgan fingerprint density at radius 1 is 1.37 bits per heavy atom. The summed E-state index contributed by atoms with van der Waals surface area (Å²) < 4.78 is 5.11. The Morgan fingerprint density at radius 2 is 2.11 bits per heavy atom. The molecule has 3 atom stereocenters. The fourth-order valence-electron chi connectivity index (χ4n) is 3.73. The Labute approximate surface area is 115 Å². The number of aromatic nitrogens is 1. The Hall–Kier alpha value is -1.13. The van der Waals surface area contributed by atoms with Crippen molar-refractivity contribution in [2.75, 3.05) is 26.7 Å². The van der Waals surface area contributed by atoms with Crippen molar-refractivity contribution in [3.63, 3.8) is 0 Å². The van der Waals surface area contributed by atoms with Gasteiger partial charge in [-0.25, -0.2) is 4.98 Å². The zero-order valence-electron chi connectivity index (χ0n) is 11.6. The van der Waals surface area contributed by atoms with Gasteiger partial charge in [-0.1, -0.05) is 12.5 Å². The molecule has 4 nitrogen and oxygen atoms in total. The largest absolute Gasteiger partial charge is 0.481 e. The molecule has 1 aromatic rings. The highest BCUT2D eigenvalue weighted by molar-refractivity contribution is 5.21. The Morgan fingerprint density at radius 3 is 2.63 bits per heavy atom. The normalized spacial score (nSPS) is 28.3. The minimum absolute atomic E-state index is 0.309. The molecular weight excluding hydrogens is 238 g/mol. The van der Waals surface area contributed by atoms with Crippen LogP contribution in [0.5, 0.6) is 5.88 Å². The summed E-state index contributed by atoms with van der Waals surface area (Å²) in [5, 5.41) is 0. The molecule has 1 aromatic heterocycles. The van der Waals surface area contributed by atoms with E-state index in [0.29, 0.717) is 18.5 Å². The molecular formula is C15H23N3O. The number of nitrogens with zero attached hydrogens (tertiary/aromatic N) is 2. The van der Waals surface area contributed by atoms with E-state index < -0.39 is 0 Å². The number of nitrogens with two attached hydrogens (primary N) is 1. The van der Waals surface area contributed by atoms with Gasteiger partial charge in [-0.2, -0.15) is 0 Å². The third kappa shape index (κ3) is 2.47. The van der Waals surface area contributed by atoms with Crippen LogP contribution in [-0.2, 0) is 0 Å². The number of rotatable bonds is 4. The third-order valence-corrected chi connectivity index (χ3v) is 4.77. The first-order valence-corrected chi connectivity index (χ1v) is 7.26. The van der Waals surface area contributed by atoms with E-state index in [1.54, 1.807) is 7.11 Å². The highest BCUT2D eigenvalue weighted by Gasteiger charge is 2.38. The molecule has 3 unspecified atom stereocenters. The number of pyridine rings is 1. The SMILES string of the molecule is COc1ccc(C(CN)N2CC3CCCC3C2)cn1. The molecule has 0 radical (unpaired) electrons. The van der Waals surface area contributed by atoms with Crippen LogP contribution in [0.25, 0.3) is 0 Å². The lowest BCUT2D eigenvalue weighted by molar-refractivity contribution is 0.231. The van der Waals surface area contributed by atoms with Crippen LogP contribution < -0.4 is 10.5 Å². The molecule has 0 spiro atoms. The average molecular weight is 261 g/mol. The van der Waals surface area contributed by atoms with Crippen LogP contribution >= 0.6 is 0 Å². The Balaban J connectivity index is 1.73. The van der Waals surface area contributed by atoms with Gasteiger partial charge in [0.15, 0.2) is 0 Å². The van der Waals surface area contributed by atoms with Gasteiger partial charge in [0.05, 0.1) is 7.11 Å². The van der Waals surface area contributed by atoms with Gasteiger partial charge in [0.2, 0.25) is 5.88 Å². The molecule has 2 N–H and O–H groups in total. The molecule has 2 heterocycles. The van der Waals surface area contributed by atoms with Gasteiger partial charge < -0.3 is 10.5 Å². The van der Waals surface area contributed by atoms with E-state index in [0.717, 1.165) is 11.8 Å². The van der Waals surface area contributed by atoms with Gasteiger partial charge in [-0.05, 0) is 30.2 Å². The number of hydrogen-bond acceptors (Lipinski definition) is 4. The predicted molar refractivity (Wildman–Crippen MR) is 75.0 cm³/mol. The molecule has 19 heavy (non-hydrogen) atoms. The van der Waals surface area contributed by atoms with Crippen molar-refractivity contribution in [1.29, 1.82) is 0 Å². The highest BCUT2D eigenvalue weighted by Crippen LogP contribution is 2.40. The van der Waals surface area contributed by atoms with Crippen molar-refractivity contribution in [3.8, 4) is 5.88 Å². The first kappa shape index (κ1) is 12.9. The third-order valence-electron chi connectivity index (χ3n) is 4.77. The first-order valence-electron chi connectivity index (χ1n) is 7.26. The molecule has 0 aromatic carbocycles. The second-order valence-electron chi connectivity index (χ2n) is 5.79. The van der Waals surface area contributed by atoms with Gasteiger partial charge in [0.1, 0.15) is 0 Å². The Bertz CT molecular complexity index is 408. The van der Waals surface area contributed by atoms with Crippen LogP contribution in [0.4, 0.5) is 0 Å². The standard InChI is InChI=1S/C15H23N3O/c1-19-15-6-5-11(8-17-15)14(7-16)18-9-12-3-2-4-13(12)10-18/h5-6,8,12-14H,2-4,7,9-10,16H2,1H3. The zero-order chi connectivity index (χ0) is 13.2. The minimum atomic E-state index is 0.309. The van der Waals surface area contributed by atoms with Crippen molar-refractivity contribution in [3.05, 3.63) is 23.9 Å². The van der Waals surface area contributed by atoms with Crippen molar-refractivity contribution < 1.29 is 4.74 Å². The smallest absolute Gasteiger partial charge is 0.212 e. The van der Waals surface area contributed by atoms with Gasteiger partial charge in [-0.15, -0.1) is 0 Å². The monoisotopic (exact) mass is 261 g/mol. The van der Waals surface area contributed by atoms with E-state index in [1.807, 2.05) is 12.3 Å². The van der Waals surface area contributed by atoms with Crippen LogP contribution in [0.1, 0.15) is 30.9 Å². The molecule has 0 amide bonds. The lowest BCUT2D eigenvalue weighted by Gasteiger charge is -2.27. The van der Waals surface area contributed by atoms with Crippen LogP contribution in [0.2, 0.25) is 0 Å². The molecule has 2 fully saturated rings. The fourth-order valence-corrected chi connectivity index (χ4v) is 3.73. The van der Waals surface area contributed by atoms with E-state index in [2.05, 4.69) is 16.0 Å². The van der Waals surface area contributed by atoms with Gasteiger partial charge in [0, 0.05) is 37.9 Å². The molecule has 1 saturated heterocycles. The van der Waals surface area contributed by atoms with Crippen molar-refractivity contribution in [2.24, 2.45) is 17.6 Å². The molecule has 2 aliphatic rings. The summed E-state index contributed by atoms with van der Waals surface area (Å²) in [5.41, 5.74) is 7.22. The van der Waals surface area contributed by atoms with E-state index in [9.17, 15) is 0 Å². The molecule has 4 heteroatoms. The second-order valence-corrected chi connectivity index (χ2v) is 5.79. The average Bonchev–Trinajstić information content (AvgIpc) is 3.02. The molecule has 0 bridgehead atoms. The molecule has 1 aliphatic carbocycles. The maximum atomic E-state index is 6.00. The zero-order valence-corrected chi connectivity index (χ0v) is 11.6. The van der Waals surface area contributed by atoms with E-state index in [1.165, 1.54) is 37.9 Å². The lowest BCUT2D eigenvalue weighted by atomic mass is 10.0. The fraction of sp³-hybridized carbons (Fsp3) is 0.667. The number of ether oxygens (including phenoxy) is 1. The second kappa shape index (κ2) is 5.47. The minimum Gasteiger partial charge on any atom is -0.481 e. The van der Waals surface area contributed by atoms with E-state index >= 15 is 0 Å². The molecule has 104 valence electrons. The highest BCUT2D eigenvalue weighted by atomic mass is 16.5. The number of fused-ring (bicyclic) bond motifs is 1. The number of methoxy groups -OCH3 is 1. The van der Waals surface area contributed by atoms with Crippen LogP contribution in [-0.4, -0.2) is 36.6 Å². The number of likely N-dealkylation sites (tertiary alicyclic amines) is 1. The summed E-state index contributed by atoms with van der Waals surface area (Å²) in [6, 6.07) is 4.33. The molecule has 1 aliphatic heterocycles. The molecule has 3 rings (SSSR count). The summed E-state index contributed by atoms with van der Waals surface area (Å²) in [7, 11) is 1.64. The van der Waals surface area contributed by atoms with Crippen LogP contribution in [0.15, 0.2) is 18.3 Å². The Kier molecular flexibility index (Phi) is 3.71. The summed E-state index contributed by atoms with van der Waals surface area (Å²) in [4.78, 5) is 6.86. The van der Waals surface area contributed by atoms with Crippen molar-refractivity contribution in [1.82, 2.24) is 9.88 Å². The maximum absolute atomic E-state index is 6.00. The van der Waals surface area contributed by atoms with Crippen LogP contribution in [0, 0.1) is 11.8 Å². The molecule has 1 saturated carbocycles. The van der Waals surface area contributed by atoms with E-state index in [-0.39, 0.29) is 0 Å². The van der Waals surface area contributed by atoms with Gasteiger partial charge in [0.25, 0.3) is 0 Å². The first-order chi connectivity index (χ1) is 9.31. The lowest BCUT2D eigenvalue weighted by Crippen LogP contribution is -2.32. The van der Waals surface area contributed by atoms with Gasteiger partial charge >= 0.3 is 0 Å². The quantitative estimate of drug-likeness (QED) is 0.898.